The predicted molar refractivity (Wildman–Crippen MR) is 125 cm³/mol. The van der Waals surface area contributed by atoms with Crippen LogP contribution >= 0.6 is 0 Å². The Labute approximate surface area is 202 Å². The van der Waals surface area contributed by atoms with Gasteiger partial charge >= 0.3 is 0 Å². The lowest BCUT2D eigenvalue weighted by atomic mass is 10.1. The molecule has 2 aromatic carbocycles. The molecule has 2 aromatic heterocycles. The molecule has 5 rings (SSSR count). The van der Waals surface area contributed by atoms with Crippen molar-refractivity contribution in [3.8, 4) is 11.3 Å². The Balaban J connectivity index is 1.29. The maximum absolute atomic E-state index is 13.1. The molecule has 3 heterocycles. The number of aliphatic hydroxyl groups is 1. The minimum absolute atomic E-state index is 0.0164. The highest BCUT2D eigenvalue weighted by atomic mass is 32.2. The molecule has 1 saturated heterocycles. The number of hydrogen-bond acceptors (Lipinski definition) is 8. The van der Waals surface area contributed by atoms with Gasteiger partial charge in [-0.15, -0.1) is 0 Å². The molecule has 10 heteroatoms. The number of hydrogen-bond donors (Lipinski definition) is 1. The van der Waals surface area contributed by atoms with Crippen LogP contribution in [0.25, 0.3) is 11.3 Å². The Hall–Kier alpha value is -3.47. The molecular weight excluding hydrogens is 471 g/mol. The summed E-state index contributed by atoms with van der Waals surface area (Å²) in [6.07, 6.45) is 1.59. The zero-order valence-electron chi connectivity index (χ0n) is 18.7. The summed E-state index contributed by atoms with van der Waals surface area (Å²) in [6.45, 7) is 0.980. The second-order valence-electron chi connectivity index (χ2n) is 8.51. The number of nitrogens with zero attached hydrogens (tertiary/aromatic N) is 4. The van der Waals surface area contributed by atoms with Gasteiger partial charge in [-0.05, 0) is 48.4 Å². The number of pyridine rings is 1. The number of sulfone groups is 1. The molecular formula is C25H23FN4O4S. The van der Waals surface area contributed by atoms with E-state index in [9.17, 15) is 17.9 Å². The molecule has 2 atom stereocenters. The average molecular weight is 495 g/mol. The molecule has 0 spiro atoms. The Kier molecular flexibility index (Phi) is 6.42. The molecule has 1 aliphatic rings. The first-order valence-electron chi connectivity index (χ1n) is 11.1. The van der Waals surface area contributed by atoms with E-state index in [1.165, 1.54) is 12.1 Å². The van der Waals surface area contributed by atoms with Crippen molar-refractivity contribution in [3.63, 3.8) is 0 Å². The van der Waals surface area contributed by atoms with Crippen molar-refractivity contribution in [2.75, 3.05) is 6.54 Å². The lowest BCUT2D eigenvalue weighted by Crippen LogP contribution is -2.24. The zero-order chi connectivity index (χ0) is 24.4. The molecule has 1 N–H and O–H groups in total. The van der Waals surface area contributed by atoms with Gasteiger partial charge in [0.2, 0.25) is 5.89 Å². The van der Waals surface area contributed by atoms with Crippen molar-refractivity contribution in [2.45, 2.75) is 35.8 Å². The molecule has 1 fully saturated rings. The Morgan fingerprint density at radius 1 is 1.06 bits per heavy atom. The maximum Gasteiger partial charge on any atom is 0.244 e. The van der Waals surface area contributed by atoms with Crippen LogP contribution in [0.2, 0.25) is 0 Å². The molecule has 0 saturated carbocycles. The topological polar surface area (TPSA) is 109 Å². The van der Waals surface area contributed by atoms with Gasteiger partial charge in [-0.3, -0.25) is 9.88 Å². The van der Waals surface area contributed by atoms with Crippen molar-refractivity contribution in [2.24, 2.45) is 0 Å². The number of β-amino-alcohol motifs (C(OH)–C–C–N with tert-alkyl or cyclic N) is 1. The quantitative estimate of drug-likeness (QED) is 0.389. The second kappa shape index (κ2) is 9.65. The minimum atomic E-state index is -3.76. The van der Waals surface area contributed by atoms with Crippen LogP contribution < -0.4 is 0 Å². The highest BCUT2D eigenvalue weighted by molar-refractivity contribution is 7.90. The van der Waals surface area contributed by atoms with E-state index in [1.54, 1.807) is 6.20 Å². The first-order valence-corrected chi connectivity index (χ1v) is 12.8. The van der Waals surface area contributed by atoms with Crippen LogP contribution in [-0.2, 0) is 22.1 Å². The van der Waals surface area contributed by atoms with E-state index in [0.29, 0.717) is 19.5 Å². The third-order valence-electron chi connectivity index (χ3n) is 5.94. The fourth-order valence-corrected chi connectivity index (χ4v) is 5.39. The standard InChI is InChI=1S/C25H23FN4O4S/c26-19-8-10-21(11-9-19)35(32,33)16-24-28-25(34-29-24)23-13-20(31)15-30(23)14-17-4-6-18(7-5-17)22-3-1-2-12-27-22/h1-12,20,23,31H,13-16H2. The number of halogens is 1. The second-order valence-corrected chi connectivity index (χ2v) is 10.5. The van der Waals surface area contributed by atoms with Gasteiger partial charge in [-0.1, -0.05) is 35.5 Å². The summed E-state index contributed by atoms with van der Waals surface area (Å²) in [4.78, 5) is 10.7. The van der Waals surface area contributed by atoms with Gasteiger partial charge in [0.25, 0.3) is 0 Å². The highest BCUT2D eigenvalue weighted by Crippen LogP contribution is 2.33. The fourth-order valence-electron chi connectivity index (χ4n) is 4.22. The van der Waals surface area contributed by atoms with Crippen molar-refractivity contribution < 1.29 is 22.4 Å². The van der Waals surface area contributed by atoms with Gasteiger partial charge in [-0.25, -0.2) is 12.8 Å². The Morgan fingerprint density at radius 2 is 1.83 bits per heavy atom. The number of aliphatic hydroxyl groups excluding tert-OH is 1. The van der Waals surface area contributed by atoms with Crippen LogP contribution in [0.4, 0.5) is 4.39 Å². The molecule has 1 aliphatic heterocycles. The number of likely N-dealkylation sites (tertiary alicyclic amines) is 1. The highest BCUT2D eigenvalue weighted by Gasteiger charge is 2.36. The monoisotopic (exact) mass is 494 g/mol. The molecule has 8 nitrogen and oxygen atoms in total. The van der Waals surface area contributed by atoms with Gasteiger partial charge in [0.05, 0.1) is 22.7 Å². The lowest BCUT2D eigenvalue weighted by Gasteiger charge is -2.21. The molecule has 4 aromatic rings. The largest absolute Gasteiger partial charge is 0.392 e. The van der Waals surface area contributed by atoms with E-state index in [1.807, 2.05) is 47.4 Å². The van der Waals surface area contributed by atoms with Crippen molar-refractivity contribution in [1.82, 2.24) is 20.0 Å². The van der Waals surface area contributed by atoms with Crippen LogP contribution in [0, 0.1) is 5.82 Å². The lowest BCUT2D eigenvalue weighted by molar-refractivity contribution is 0.169. The zero-order valence-corrected chi connectivity index (χ0v) is 19.5. The molecule has 0 aliphatic carbocycles. The summed E-state index contributed by atoms with van der Waals surface area (Å²) in [7, 11) is -3.76. The fraction of sp³-hybridized carbons (Fsp3) is 0.240. The van der Waals surface area contributed by atoms with Crippen molar-refractivity contribution >= 4 is 9.84 Å². The molecule has 0 bridgehead atoms. The van der Waals surface area contributed by atoms with E-state index >= 15 is 0 Å². The Morgan fingerprint density at radius 3 is 2.54 bits per heavy atom. The summed E-state index contributed by atoms with van der Waals surface area (Å²) in [5.41, 5.74) is 2.95. The summed E-state index contributed by atoms with van der Waals surface area (Å²) in [6, 6.07) is 18.1. The number of benzene rings is 2. The number of aromatic nitrogens is 3. The van der Waals surface area contributed by atoms with Gasteiger partial charge in [0, 0.05) is 24.8 Å². The normalized spacial score (nSPS) is 18.7. The molecule has 2 unspecified atom stereocenters. The molecule has 0 radical (unpaired) electrons. The average Bonchev–Trinajstić information content (AvgIpc) is 3.46. The summed E-state index contributed by atoms with van der Waals surface area (Å²) in [5, 5.41) is 14.1. The van der Waals surface area contributed by atoms with E-state index < -0.39 is 27.5 Å². The van der Waals surface area contributed by atoms with Gasteiger partial charge in [-0.2, -0.15) is 4.98 Å². The third kappa shape index (κ3) is 5.29. The van der Waals surface area contributed by atoms with Crippen LogP contribution in [-0.4, -0.2) is 46.2 Å². The molecule has 35 heavy (non-hydrogen) atoms. The summed E-state index contributed by atoms with van der Waals surface area (Å²) in [5.74, 6) is -0.703. The molecule has 0 amide bonds. The predicted octanol–water partition coefficient (Wildman–Crippen LogP) is 3.55. The van der Waals surface area contributed by atoms with Crippen LogP contribution in [0.1, 0.15) is 29.7 Å². The van der Waals surface area contributed by atoms with Crippen LogP contribution in [0.15, 0.2) is 82.3 Å². The van der Waals surface area contributed by atoms with E-state index in [0.717, 1.165) is 29.0 Å². The van der Waals surface area contributed by atoms with Crippen LogP contribution in [0.3, 0.4) is 0 Å². The molecule has 180 valence electrons. The smallest absolute Gasteiger partial charge is 0.244 e. The van der Waals surface area contributed by atoms with Crippen LogP contribution in [0.5, 0.6) is 0 Å². The minimum Gasteiger partial charge on any atom is -0.392 e. The van der Waals surface area contributed by atoms with Crippen molar-refractivity contribution in [3.05, 3.63) is 96.0 Å². The first-order chi connectivity index (χ1) is 16.9. The first kappa shape index (κ1) is 23.3. The van der Waals surface area contributed by atoms with Gasteiger partial charge in [0.15, 0.2) is 15.7 Å². The van der Waals surface area contributed by atoms with E-state index in [-0.39, 0.29) is 22.7 Å². The van der Waals surface area contributed by atoms with Crippen molar-refractivity contribution in [1.29, 1.82) is 0 Å². The van der Waals surface area contributed by atoms with E-state index in [4.69, 9.17) is 4.52 Å². The van der Waals surface area contributed by atoms with Gasteiger partial charge < -0.3 is 9.63 Å². The maximum atomic E-state index is 13.1. The van der Waals surface area contributed by atoms with E-state index in [2.05, 4.69) is 15.1 Å². The van der Waals surface area contributed by atoms with Gasteiger partial charge in [0.1, 0.15) is 11.6 Å². The number of rotatable bonds is 7. The third-order valence-corrected chi connectivity index (χ3v) is 7.57. The summed E-state index contributed by atoms with van der Waals surface area (Å²) < 4.78 is 43.8. The summed E-state index contributed by atoms with van der Waals surface area (Å²) >= 11 is 0. The Bertz CT molecular complexity index is 1390. The SMILES string of the molecule is O=S(=O)(Cc1noc(C2CC(O)CN2Cc2ccc(-c3ccccn3)cc2)n1)c1ccc(F)cc1.